The van der Waals surface area contributed by atoms with Gasteiger partial charge in [0.05, 0.1) is 24.3 Å². The van der Waals surface area contributed by atoms with E-state index in [0.29, 0.717) is 35.8 Å². The van der Waals surface area contributed by atoms with Crippen LogP contribution in [0.1, 0.15) is 41.7 Å². The van der Waals surface area contributed by atoms with Crippen LogP contribution in [0.15, 0.2) is 36.5 Å². The summed E-state index contributed by atoms with van der Waals surface area (Å²) in [7, 11) is 0. The molecule has 3 heterocycles. The van der Waals surface area contributed by atoms with E-state index in [2.05, 4.69) is 20.1 Å². The third-order valence-electron chi connectivity index (χ3n) is 5.94. The number of ether oxygens (including phenoxy) is 1. The number of aromatic nitrogens is 1. The Hall–Kier alpha value is -2.22. The zero-order valence-corrected chi connectivity index (χ0v) is 18.4. The van der Waals surface area contributed by atoms with E-state index >= 15 is 0 Å². The van der Waals surface area contributed by atoms with Crippen molar-refractivity contribution in [1.82, 2.24) is 15.2 Å². The second-order valence-corrected chi connectivity index (χ2v) is 8.54. The molecule has 2 aliphatic rings. The fourth-order valence-corrected chi connectivity index (χ4v) is 4.61. The average Bonchev–Trinajstić information content (AvgIpc) is 3.30. The van der Waals surface area contributed by atoms with Gasteiger partial charge in [0.1, 0.15) is 11.6 Å². The summed E-state index contributed by atoms with van der Waals surface area (Å²) in [6.45, 7) is 6.06. The molecule has 6 nitrogen and oxygen atoms in total. The molecule has 8 heteroatoms. The largest absolute Gasteiger partial charge is 0.376 e. The van der Waals surface area contributed by atoms with Crippen LogP contribution in [-0.2, 0) is 4.74 Å². The first-order valence-corrected chi connectivity index (χ1v) is 11.2. The molecule has 0 bridgehead atoms. The van der Waals surface area contributed by atoms with Crippen molar-refractivity contribution in [2.75, 3.05) is 44.2 Å². The van der Waals surface area contributed by atoms with Gasteiger partial charge < -0.3 is 15.0 Å². The maximum absolute atomic E-state index is 14.7. The molecule has 0 saturated carbocycles. The number of benzene rings is 1. The maximum atomic E-state index is 14.7. The van der Waals surface area contributed by atoms with Crippen molar-refractivity contribution < 1.29 is 13.9 Å². The molecule has 2 aliphatic heterocycles. The predicted octanol–water partition coefficient (Wildman–Crippen LogP) is 3.67. The van der Waals surface area contributed by atoms with Crippen LogP contribution >= 0.6 is 11.6 Å². The number of nitrogens with zero attached hydrogens (tertiary/aromatic N) is 3. The number of hydrogen-bond donors (Lipinski definition) is 1. The predicted molar refractivity (Wildman–Crippen MR) is 119 cm³/mol. The van der Waals surface area contributed by atoms with Crippen LogP contribution in [0.4, 0.5) is 10.2 Å². The van der Waals surface area contributed by atoms with Crippen molar-refractivity contribution in [3.05, 3.63) is 58.5 Å². The molecule has 0 spiro atoms. The van der Waals surface area contributed by atoms with E-state index in [4.69, 9.17) is 16.3 Å². The van der Waals surface area contributed by atoms with Crippen LogP contribution in [0.25, 0.3) is 0 Å². The number of rotatable bonds is 6. The van der Waals surface area contributed by atoms with Gasteiger partial charge in [-0.15, -0.1) is 0 Å². The highest BCUT2D eigenvalue weighted by Crippen LogP contribution is 2.31. The zero-order chi connectivity index (χ0) is 21.8. The van der Waals surface area contributed by atoms with E-state index in [1.807, 2.05) is 13.0 Å². The summed E-state index contributed by atoms with van der Waals surface area (Å²) >= 11 is 6.37. The summed E-state index contributed by atoms with van der Waals surface area (Å²) in [5.41, 5.74) is 0.887. The summed E-state index contributed by atoms with van der Waals surface area (Å²) in [6.07, 6.45) is 3.97. The average molecular weight is 447 g/mol. The number of amides is 1. The normalized spacial score (nSPS) is 20.6. The van der Waals surface area contributed by atoms with Gasteiger partial charge in [-0.3, -0.25) is 9.69 Å². The van der Waals surface area contributed by atoms with Gasteiger partial charge in [-0.25, -0.2) is 9.37 Å². The summed E-state index contributed by atoms with van der Waals surface area (Å²) in [5, 5.41) is 3.31. The summed E-state index contributed by atoms with van der Waals surface area (Å²) in [6, 6.07) is 7.96. The van der Waals surface area contributed by atoms with Gasteiger partial charge in [-0.05, 0) is 44.0 Å². The van der Waals surface area contributed by atoms with Gasteiger partial charge in [0.15, 0.2) is 0 Å². The molecule has 2 aromatic rings. The minimum Gasteiger partial charge on any atom is -0.376 e. The highest BCUT2D eigenvalue weighted by molar-refractivity contribution is 6.31. The molecule has 1 aromatic carbocycles. The Bertz CT molecular complexity index is 885. The molecule has 166 valence electrons. The third-order valence-corrected chi connectivity index (χ3v) is 6.27. The molecule has 4 rings (SSSR count). The van der Waals surface area contributed by atoms with Gasteiger partial charge in [-0.1, -0.05) is 17.7 Å². The van der Waals surface area contributed by atoms with Crippen molar-refractivity contribution in [3.8, 4) is 0 Å². The van der Waals surface area contributed by atoms with E-state index in [9.17, 15) is 9.18 Å². The lowest BCUT2D eigenvalue weighted by atomic mass is 10.0. The Balaban J connectivity index is 1.48. The number of anilines is 1. The Morgan fingerprint density at radius 1 is 1.29 bits per heavy atom. The summed E-state index contributed by atoms with van der Waals surface area (Å²) in [5.74, 6) is 0.286. The van der Waals surface area contributed by atoms with E-state index in [0.717, 1.165) is 18.9 Å². The van der Waals surface area contributed by atoms with Crippen molar-refractivity contribution in [2.45, 2.75) is 31.9 Å². The molecular formula is C23H28ClFN4O2. The van der Waals surface area contributed by atoms with Crippen LogP contribution in [0.5, 0.6) is 0 Å². The highest BCUT2D eigenvalue weighted by Gasteiger charge is 2.29. The van der Waals surface area contributed by atoms with Crippen LogP contribution in [-0.4, -0.2) is 61.2 Å². The first-order chi connectivity index (χ1) is 15.0. The standard InChI is InChI=1S/C23H28ClFN4O2/c1-16-15-29(11-12-31-16)20(22-18(24)5-4-6-19(22)25)14-27-23(30)17-7-8-21(26-13-17)28-9-2-3-10-28/h4-8,13,16,20H,2-3,9-12,14-15H2,1H3,(H,27,30). The van der Waals surface area contributed by atoms with Gasteiger partial charge in [0.25, 0.3) is 5.91 Å². The molecule has 1 aromatic heterocycles. The fourth-order valence-electron chi connectivity index (χ4n) is 4.32. The third kappa shape index (κ3) is 5.17. The minimum atomic E-state index is -0.388. The van der Waals surface area contributed by atoms with Gasteiger partial charge in [0.2, 0.25) is 0 Å². The van der Waals surface area contributed by atoms with Crippen LogP contribution < -0.4 is 10.2 Å². The quantitative estimate of drug-likeness (QED) is 0.733. The van der Waals surface area contributed by atoms with Gasteiger partial charge in [0, 0.05) is 49.5 Å². The molecular weight excluding hydrogens is 419 g/mol. The van der Waals surface area contributed by atoms with E-state index in [-0.39, 0.29) is 30.4 Å². The smallest absolute Gasteiger partial charge is 0.252 e. The van der Waals surface area contributed by atoms with Crippen LogP contribution in [0.2, 0.25) is 5.02 Å². The lowest BCUT2D eigenvalue weighted by molar-refractivity contribution is -0.0346. The van der Waals surface area contributed by atoms with E-state index in [1.54, 1.807) is 24.4 Å². The first-order valence-electron chi connectivity index (χ1n) is 10.8. The molecule has 0 aliphatic carbocycles. The molecule has 2 saturated heterocycles. The number of nitrogens with one attached hydrogen (secondary N) is 1. The number of hydrogen-bond acceptors (Lipinski definition) is 5. The highest BCUT2D eigenvalue weighted by atomic mass is 35.5. The lowest BCUT2D eigenvalue weighted by Gasteiger charge is -2.38. The molecule has 2 unspecified atom stereocenters. The van der Waals surface area contributed by atoms with Crippen LogP contribution in [0.3, 0.4) is 0 Å². The van der Waals surface area contributed by atoms with Crippen LogP contribution in [0, 0.1) is 5.82 Å². The molecule has 31 heavy (non-hydrogen) atoms. The van der Waals surface area contributed by atoms with E-state index in [1.165, 1.54) is 18.9 Å². The second-order valence-electron chi connectivity index (χ2n) is 8.14. The number of carbonyl (C=O) groups is 1. The SMILES string of the molecule is CC1CN(C(CNC(=O)c2ccc(N3CCCC3)nc2)c2c(F)cccc2Cl)CCO1. The van der Waals surface area contributed by atoms with E-state index < -0.39 is 0 Å². The van der Waals surface area contributed by atoms with Crippen molar-refractivity contribution in [1.29, 1.82) is 0 Å². The fraction of sp³-hybridized carbons (Fsp3) is 0.478. The monoisotopic (exact) mass is 446 g/mol. The Kier molecular flexibility index (Phi) is 7.05. The number of pyridine rings is 1. The zero-order valence-electron chi connectivity index (χ0n) is 17.7. The number of morpholine rings is 1. The molecule has 2 fully saturated rings. The summed E-state index contributed by atoms with van der Waals surface area (Å²) in [4.78, 5) is 21.6. The Morgan fingerprint density at radius 3 is 2.77 bits per heavy atom. The lowest BCUT2D eigenvalue weighted by Crippen LogP contribution is -2.47. The minimum absolute atomic E-state index is 0.0276. The summed E-state index contributed by atoms with van der Waals surface area (Å²) < 4.78 is 20.4. The number of halogens is 2. The Morgan fingerprint density at radius 2 is 2.10 bits per heavy atom. The Labute approximate surface area is 187 Å². The van der Waals surface area contributed by atoms with Crippen molar-refractivity contribution in [2.24, 2.45) is 0 Å². The molecule has 0 radical (unpaired) electrons. The topological polar surface area (TPSA) is 57.7 Å². The molecule has 1 N–H and O–H groups in total. The van der Waals surface area contributed by atoms with Gasteiger partial charge in [-0.2, -0.15) is 0 Å². The van der Waals surface area contributed by atoms with Crippen molar-refractivity contribution >= 4 is 23.3 Å². The maximum Gasteiger partial charge on any atom is 0.252 e. The van der Waals surface area contributed by atoms with Crippen molar-refractivity contribution in [3.63, 3.8) is 0 Å². The number of carbonyl (C=O) groups excluding carboxylic acids is 1. The first kappa shape index (κ1) is 22.0. The van der Waals surface area contributed by atoms with Gasteiger partial charge >= 0.3 is 0 Å². The second kappa shape index (κ2) is 9.94. The molecule has 1 amide bonds. The molecule has 2 atom stereocenters.